The van der Waals surface area contributed by atoms with Crippen LogP contribution in [-0.2, 0) is 0 Å². The first-order valence-corrected chi connectivity index (χ1v) is 4.84. The lowest BCUT2D eigenvalue weighted by molar-refractivity contribution is 0.287. The van der Waals surface area contributed by atoms with Crippen molar-refractivity contribution >= 4 is 0 Å². The zero-order valence-corrected chi connectivity index (χ0v) is 8.88. The SMILES string of the molecule is CCCCO.Cc1ccc(C)cc1. The third-order valence-corrected chi connectivity index (χ3v) is 1.73. The standard InChI is InChI=1S/C8H10.C4H10O/c1-7-3-5-8(2)6-4-7;1-2-3-4-5/h3-6H,1-2H3;5H,2-4H2,1H3. The van der Waals surface area contributed by atoms with Crippen molar-refractivity contribution in [1.82, 2.24) is 0 Å². The van der Waals surface area contributed by atoms with Crippen molar-refractivity contribution in [3.63, 3.8) is 0 Å². The van der Waals surface area contributed by atoms with Gasteiger partial charge in [-0.3, -0.25) is 0 Å². The molecule has 0 aromatic heterocycles. The average Bonchev–Trinajstić information content (AvgIpc) is 2.13. The van der Waals surface area contributed by atoms with E-state index in [4.69, 9.17) is 5.11 Å². The number of hydrogen-bond acceptors (Lipinski definition) is 1. The van der Waals surface area contributed by atoms with Gasteiger partial charge in [-0.05, 0) is 20.3 Å². The highest BCUT2D eigenvalue weighted by molar-refractivity contribution is 5.19. The van der Waals surface area contributed by atoms with Crippen LogP contribution in [0.1, 0.15) is 30.9 Å². The Morgan fingerprint density at radius 2 is 1.38 bits per heavy atom. The van der Waals surface area contributed by atoms with E-state index in [2.05, 4.69) is 45.0 Å². The van der Waals surface area contributed by atoms with E-state index in [0.717, 1.165) is 12.8 Å². The highest BCUT2D eigenvalue weighted by Gasteiger charge is 1.79. The van der Waals surface area contributed by atoms with E-state index in [0.29, 0.717) is 6.61 Å². The fourth-order valence-electron chi connectivity index (χ4n) is 0.795. The van der Waals surface area contributed by atoms with Crippen LogP contribution in [0.25, 0.3) is 0 Å². The first-order chi connectivity index (χ1) is 6.20. The third-order valence-electron chi connectivity index (χ3n) is 1.73. The molecule has 0 unspecified atom stereocenters. The maximum Gasteiger partial charge on any atom is 0.0430 e. The van der Waals surface area contributed by atoms with E-state index in [1.165, 1.54) is 11.1 Å². The van der Waals surface area contributed by atoms with E-state index >= 15 is 0 Å². The summed E-state index contributed by atoms with van der Waals surface area (Å²) in [5.74, 6) is 0. The monoisotopic (exact) mass is 180 g/mol. The Kier molecular flexibility index (Phi) is 7.32. The summed E-state index contributed by atoms with van der Waals surface area (Å²) in [7, 11) is 0. The lowest BCUT2D eigenvalue weighted by atomic mass is 10.2. The molecule has 1 heteroatoms. The molecule has 1 rings (SSSR count). The molecular formula is C12H20O. The third kappa shape index (κ3) is 7.54. The van der Waals surface area contributed by atoms with Gasteiger partial charge in [-0.1, -0.05) is 48.7 Å². The van der Waals surface area contributed by atoms with Crippen LogP contribution in [0.15, 0.2) is 24.3 Å². The molecule has 1 nitrogen and oxygen atoms in total. The molecule has 0 aliphatic heterocycles. The topological polar surface area (TPSA) is 20.2 Å². The number of hydrogen-bond donors (Lipinski definition) is 1. The maximum atomic E-state index is 8.07. The Morgan fingerprint density at radius 1 is 1.00 bits per heavy atom. The van der Waals surface area contributed by atoms with Gasteiger partial charge in [-0.25, -0.2) is 0 Å². The summed E-state index contributed by atoms with van der Waals surface area (Å²) >= 11 is 0. The Bertz CT molecular complexity index is 178. The molecule has 0 amide bonds. The van der Waals surface area contributed by atoms with Crippen molar-refractivity contribution < 1.29 is 5.11 Å². The molecule has 0 saturated heterocycles. The summed E-state index contributed by atoms with van der Waals surface area (Å²) in [5.41, 5.74) is 2.66. The van der Waals surface area contributed by atoms with Crippen molar-refractivity contribution in [2.45, 2.75) is 33.6 Å². The molecule has 0 radical (unpaired) electrons. The molecule has 0 saturated carbocycles. The highest BCUT2D eigenvalue weighted by atomic mass is 16.2. The molecule has 1 aromatic rings. The van der Waals surface area contributed by atoms with Crippen LogP contribution in [0.2, 0.25) is 0 Å². The lowest BCUT2D eigenvalue weighted by Gasteiger charge is -1.90. The van der Waals surface area contributed by atoms with Gasteiger partial charge in [0, 0.05) is 6.61 Å². The molecule has 0 aliphatic rings. The Labute approximate surface area is 81.4 Å². The summed E-state index contributed by atoms with van der Waals surface area (Å²) in [4.78, 5) is 0. The normalized spacial score (nSPS) is 8.92. The predicted octanol–water partition coefficient (Wildman–Crippen LogP) is 3.08. The van der Waals surface area contributed by atoms with Crippen molar-refractivity contribution in [2.75, 3.05) is 6.61 Å². The van der Waals surface area contributed by atoms with E-state index in [1.54, 1.807) is 0 Å². The van der Waals surface area contributed by atoms with Crippen LogP contribution in [0, 0.1) is 13.8 Å². The number of aryl methyl sites for hydroxylation is 2. The summed E-state index contributed by atoms with van der Waals surface area (Å²) in [5, 5.41) is 8.07. The van der Waals surface area contributed by atoms with Gasteiger partial charge in [0.15, 0.2) is 0 Å². The molecular weight excluding hydrogens is 160 g/mol. The van der Waals surface area contributed by atoms with Crippen LogP contribution >= 0.6 is 0 Å². The summed E-state index contributed by atoms with van der Waals surface area (Å²) in [6, 6.07) is 8.48. The molecule has 0 spiro atoms. The van der Waals surface area contributed by atoms with Gasteiger partial charge in [0.05, 0.1) is 0 Å². The Hall–Kier alpha value is -0.820. The average molecular weight is 180 g/mol. The summed E-state index contributed by atoms with van der Waals surface area (Å²) in [6.07, 6.45) is 2.04. The van der Waals surface area contributed by atoms with Gasteiger partial charge in [-0.15, -0.1) is 0 Å². The first kappa shape index (κ1) is 12.2. The summed E-state index contributed by atoms with van der Waals surface area (Å²) in [6.45, 7) is 6.59. The Morgan fingerprint density at radius 3 is 1.54 bits per heavy atom. The van der Waals surface area contributed by atoms with Gasteiger partial charge >= 0.3 is 0 Å². The molecule has 74 valence electrons. The lowest BCUT2D eigenvalue weighted by Crippen LogP contribution is -1.75. The van der Waals surface area contributed by atoms with Crippen LogP contribution in [0.5, 0.6) is 0 Å². The smallest absolute Gasteiger partial charge is 0.0430 e. The molecule has 1 aromatic carbocycles. The minimum atomic E-state index is 0.344. The first-order valence-electron chi connectivity index (χ1n) is 4.84. The molecule has 0 heterocycles. The number of unbranched alkanes of at least 4 members (excludes halogenated alkanes) is 1. The highest BCUT2D eigenvalue weighted by Crippen LogP contribution is 1.99. The number of aliphatic hydroxyl groups excluding tert-OH is 1. The van der Waals surface area contributed by atoms with E-state index < -0.39 is 0 Å². The van der Waals surface area contributed by atoms with Crippen molar-refractivity contribution in [3.8, 4) is 0 Å². The molecule has 0 atom stereocenters. The van der Waals surface area contributed by atoms with Crippen molar-refractivity contribution in [3.05, 3.63) is 35.4 Å². The van der Waals surface area contributed by atoms with Crippen LogP contribution in [-0.4, -0.2) is 11.7 Å². The van der Waals surface area contributed by atoms with E-state index in [9.17, 15) is 0 Å². The van der Waals surface area contributed by atoms with Gasteiger partial charge in [-0.2, -0.15) is 0 Å². The van der Waals surface area contributed by atoms with E-state index in [1.807, 2.05) is 0 Å². The van der Waals surface area contributed by atoms with Gasteiger partial charge in [0.25, 0.3) is 0 Å². The second-order valence-corrected chi connectivity index (χ2v) is 3.23. The van der Waals surface area contributed by atoms with Gasteiger partial charge in [0.2, 0.25) is 0 Å². The predicted molar refractivity (Wildman–Crippen MR) is 57.9 cm³/mol. The molecule has 0 fully saturated rings. The Balaban J connectivity index is 0.000000252. The van der Waals surface area contributed by atoms with Crippen molar-refractivity contribution in [1.29, 1.82) is 0 Å². The van der Waals surface area contributed by atoms with Crippen LogP contribution in [0.3, 0.4) is 0 Å². The maximum absolute atomic E-state index is 8.07. The summed E-state index contributed by atoms with van der Waals surface area (Å²) < 4.78 is 0. The molecule has 1 N–H and O–H groups in total. The minimum Gasteiger partial charge on any atom is -0.396 e. The van der Waals surface area contributed by atoms with Gasteiger partial charge in [0.1, 0.15) is 0 Å². The number of aliphatic hydroxyl groups is 1. The molecule has 0 bridgehead atoms. The minimum absolute atomic E-state index is 0.344. The quantitative estimate of drug-likeness (QED) is 0.741. The fraction of sp³-hybridized carbons (Fsp3) is 0.500. The molecule has 0 aliphatic carbocycles. The zero-order chi connectivity index (χ0) is 10.1. The zero-order valence-electron chi connectivity index (χ0n) is 8.88. The number of rotatable bonds is 2. The second kappa shape index (κ2) is 7.81. The second-order valence-electron chi connectivity index (χ2n) is 3.23. The largest absolute Gasteiger partial charge is 0.396 e. The van der Waals surface area contributed by atoms with E-state index in [-0.39, 0.29) is 0 Å². The van der Waals surface area contributed by atoms with Crippen molar-refractivity contribution in [2.24, 2.45) is 0 Å². The number of benzene rings is 1. The van der Waals surface area contributed by atoms with Gasteiger partial charge < -0.3 is 5.11 Å². The van der Waals surface area contributed by atoms with Crippen LogP contribution in [0.4, 0.5) is 0 Å². The molecule has 13 heavy (non-hydrogen) atoms. The van der Waals surface area contributed by atoms with Crippen LogP contribution < -0.4 is 0 Å². The fourth-order valence-corrected chi connectivity index (χ4v) is 0.795.